The molecule has 172 valence electrons. The Morgan fingerprint density at radius 2 is 1.97 bits per heavy atom. The highest BCUT2D eigenvalue weighted by atomic mass is 35.5. The Bertz CT molecular complexity index is 1060. The summed E-state index contributed by atoms with van der Waals surface area (Å²) < 4.78 is 24.1. The summed E-state index contributed by atoms with van der Waals surface area (Å²) in [6.07, 6.45) is 6.31. The van der Waals surface area contributed by atoms with E-state index in [0.717, 1.165) is 4.62 Å². The molecule has 0 aliphatic carbocycles. The van der Waals surface area contributed by atoms with Gasteiger partial charge < -0.3 is 4.74 Å². The lowest BCUT2D eigenvalue weighted by Gasteiger charge is -2.19. The van der Waals surface area contributed by atoms with E-state index in [1.807, 2.05) is 45.6 Å². The highest BCUT2D eigenvalue weighted by Gasteiger charge is 2.20. The fraction of sp³-hybridized carbons (Fsp3) is 0.261. The van der Waals surface area contributed by atoms with Crippen LogP contribution in [0.5, 0.6) is 5.75 Å². The summed E-state index contributed by atoms with van der Waals surface area (Å²) in [5, 5.41) is 0.465. The lowest BCUT2D eigenvalue weighted by atomic mass is 10.1. The second kappa shape index (κ2) is 13.3. The van der Waals surface area contributed by atoms with Crippen molar-refractivity contribution in [2.24, 2.45) is 0 Å². The zero-order valence-corrected chi connectivity index (χ0v) is 22.4. The van der Waals surface area contributed by atoms with Crippen molar-refractivity contribution in [1.82, 2.24) is 4.72 Å². The molecular formula is C23H26Cl2NO3PS2. The van der Waals surface area contributed by atoms with E-state index in [2.05, 4.69) is 4.72 Å². The number of hydrogen-bond acceptors (Lipinski definition) is 4. The molecule has 2 rings (SSSR count). The number of nitrogens with one attached hydrogen (secondary N) is 1. The summed E-state index contributed by atoms with van der Waals surface area (Å²) >= 11 is 13.8. The number of rotatable bonds is 11. The first-order valence-electron chi connectivity index (χ1n) is 10.0. The second-order valence-electron chi connectivity index (χ2n) is 6.51. The summed E-state index contributed by atoms with van der Waals surface area (Å²) in [5.74, 6) is 0.874. The molecule has 0 aliphatic rings. The number of ether oxygens (including phenoxy) is 1. The maximum absolute atomic E-state index is 13.2. The van der Waals surface area contributed by atoms with Gasteiger partial charge in [-0.25, -0.2) is 4.21 Å². The van der Waals surface area contributed by atoms with Crippen molar-refractivity contribution in [1.29, 1.82) is 0 Å². The Balaban J connectivity index is 2.41. The molecule has 0 amide bonds. The van der Waals surface area contributed by atoms with E-state index >= 15 is 0 Å². The fourth-order valence-corrected chi connectivity index (χ4v) is 7.70. The number of benzene rings is 1. The molecule has 0 bridgehead atoms. The number of thiophene rings is 1. The Labute approximate surface area is 207 Å². The Kier molecular flexibility index (Phi) is 11.2. The molecule has 0 radical (unpaired) electrons. The zero-order valence-electron chi connectivity index (χ0n) is 18.4. The van der Waals surface area contributed by atoms with E-state index in [-0.39, 0.29) is 5.78 Å². The minimum absolute atomic E-state index is 0.0170. The fourth-order valence-electron chi connectivity index (χ4n) is 2.58. The average Bonchev–Trinajstić information content (AvgIpc) is 3.23. The Hall–Kier alpha value is -1.43. The number of carbonyl (C=O) groups excluding carboxylic acids is 1. The predicted molar refractivity (Wildman–Crippen MR) is 141 cm³/mol. The van der Waals surface area contributed by atoms with E-state index in [1.54, 1.807) is 36.4 Å². The third kappa shape index (κ3) is 7.57. The van der Waals surface area contributed by atoms with Crippen LogP contribution in [-0.4, -0.2) is 16.7 Å². The topological polar surface area (TPSA) is 55.4 Å². The lowest BCUT2D eigenvalue weighted by molar-refractivity contribution is 0.0985. The van der Waals surface area contributed by atoms with Crippen LogP contribution < -0.4 is 14.1 Å². The normalized spacial score (nSPS) is 14.8. The van der Waals surface area contributed by atoms with Gasteiger partial charge in [0.15, 0.2) is 5.78 Å². The van der Waals surface area contributed by atoms with Crippen LogP contribution in [0.2, 0.25) is 4.34 Å². The molecule has 2 atom stereocenters. The molecular weight excluding hydrogens is 504 g/mol. The van der Waals surface area contributed by atoms with Gasteiger partial charge in [0.2, 0.25) is 0 Å². The van der Waals surface area contributed by atoms with Crippen LogP contribution in [0.4, 0.5) is 0 Å². The molecule has 2 aromatic rings. The highest BCUT2D eigenvalue weighted by molar-refractivity contribution is 8.48. The summed E-state index contributed by atoms with van der Waals surface area (Å²) in [6.45, 7) is 7.52. The molecule has 1 N–H and O–H groups in total. The third-order valence-electron chi connectivity index (χ3n) is 4.26. The van der Waals surface area contributed by atoms with Crippen molar-refractivity contribution in [2.45, 2.75) is 33.6 Å². The highest BCUT2D eigenvalue weighted by Crippen LogP contribution is 2.38. The van der Waals surface area contributed by atoms with Crippen LogP contribution in [0.1, 0.15) is 44.0 Å². The first-order chi connectivity index (χ1) is 15.3. The lowest BCUT2D eigenvalue weighted by Crippen LogP contribution is -2.21. The van der Waals surface area contributed by atoms with Crippen molar-refractivity contribution >= 4 is 62.7 Å². The number of ketones is 1. The predicted octanol–water partition coefficient (Wildman–Crippen LogP) is 7.30. The third-order valence-corrected chi connectivity index (χ3v) is 11.1. The smallest absolute Gasteiger partial charge is 0.166 e. The molecule has 0 saturated heterocycles. The average molecular weight is 530 g/mol. The van der Waals surface area contributed by atoms with E-state index in [4.69, 9.17) is 27.9 Å². The number of hydrogen-bond donors (Lipinski definition) is 1. The molecule has 9 heteroatoms. The van der Waals surface area contributed by atoms with Gasteiger partial charge in [-0.05, 0) is 56.4 Å². The van der Waals surface area contributed by atoms with E-state index in [9.17, 15) is 9.00 Å². The van der Waals surface area contributed by atoms with Gasteiger partial charge in [0.25, 0.3) is 0 Å². The molecule has 0 saturated carbocycles. The summed E-state index contributed by atoms with van der Waals surface area (Å²) in [7, 11) is -2.46. The molecule has 4 nitrogen and oxygen atoms in total. The summed E-state index contributed by atoms with van der Waals surface area (Å²) in [4.78, 5) is 12.4. The standard InChI is InChI=1S/C23H26Cl2NO3PS2/c1-5-10-21(29-20-12-9-8-11-17(20)19(27)7-3)18(15-16(24)6-2)26-32(28)30(4)23-14-13-22(25)31-23/h6,8-15,26H,5,7H2,1-4H3/b16-6+,18-15+,21-10-. The number of halogens is 2. The maximum atomic E-state index is 13.2. The number of para-hydroxylation sites is 1. The van der Waals surface area contributed by atoms with Gasteiger partial charge in [0.05, 0.1) is 15.6 Å². The SMILES string of the molecule is C\C=C(Cl)/C=C(NS(=O)P(C)c1ccc(Cl)s1)\C(=C\CC)Oc1ccccc1C(=O)CC. The van der Waals surface area contributed by atoms with Crippen molar-refractivity contribution in [2.75, 3.05) is 6.66 Å². The molecule has 1 aromatic carbocycles. The van der Waals surface area contributed by atoms with Gasteiger partial charge in [-0.3, -0.25) is 9.52 Å². The van der Waals surface area contributed by atoms with Crippen LogP contribution in [0.25, 0.3) is 0 Å². The molecule has 2 unspecified atom stereocenters. The van der Waals surface area contributed by atoms with Gasteiger partial charge in [0, 0.05) is 23.2 Å². The van der Waals surface area contributed by atoms with E-state index in [0.29, 0.717) is 45.0 Å². The number of allylic oxidation sites excluding steroid dienone is 4. The molecule has 1 aromatic heterocycles. The summed E-state index contributed by atoms with van der Waals surface area (Å²) in [6, 6.07) is 10.8. The van der Waals surface area contributed by atoms with Crippen molar-refractivity contribution < 1.29 is 13.7 Å². The molecule has 0 fully saturated rings. The summed E-state index contributed by atoms with van der Waals surface area (Å²) in [5.41, 5.74) is 0.976. The Morgan fingerprint density at radius 3 is 2.56 bits per heavy atom. The largest absolute Gasteiger partial charge is 0.455 e. The minimum Gasteiger partial charge on any atom is -0.455 e. The molecule has 32 heavy (non-hydrogen) atoms. The van der Waals surface area contributed by atoms with Gasteiger partial charge in [-0.1, -0.05) is 55.3 Å². The van der Waals surface area contributed by atoms with E-state index in [1.165, 1.54) is 11.3 Å². The van der Waals surface area contributed by atoms with Gasteiger partial charge in [-0.15, -0.1) is 11.3 Å². The number of carbonyl (C=O) groups is 1. The van der Waals surface area contributed by atoms with Gasteiger partial charge in [-0.2, -0.15) is 0 Å². The maximum Gasteiger partial charge on any atom is 0.166 e. The quantitative estimate of drug-likeness (QED) is 0.144. The van der Waals surface area contributed by atoms with Crippen LogP contribution >= 0.6 is 41.7 Å². The van der Waals surface area contributed by atoms with Gasteiger partial charge >= 0.3 is 0 Å². The first kappa shape index (κ1) is 26.8. The first-order valence-corrected chi connectivity index (χ1v) is 15.1. The van der Waals surface area contributed by atoms with Crippen molar-refractivity contribution in [3.63, 3.8) is 0 Å². The van der Waals surface area contributed by atoms with Gasteiger partial charge in [0.1, 0.15) is 22.1 Å². The van der Waals surface area contributed by atoms with Crippen molar-refractivity contribution in [3.05, 3.63) is 81.0 Å². The van der Waals surface area contributed by atoms with Crippen LogP contribution in [0.3, 0.4) is 0 Å². The minimum atomic E-state index is -1.42. The van der Waals surface area contributed by atoms with Crippen LogP contribution in [0, 0.1) is 0 Å². The van der Waals surface area contributed by atoms with Crippen LogP contribution in [-0.2, 0) is 10.6 Å². The zero-order chi connectivity index (χ0) is 23.7. The molecule has 0 spiro atoms. The molecule has 0 aliphatic heterocycles. The van der Waals surface area contributed by atoms with Crippen molar-refractivity contribution in [3.8, 4) is 5.75 Å². The Morgan fingerprint density at radius 1 is 1.25 bits per heavy atom. The monoisotopic (exact) mass is 529 g/mol. The van der Waals surface area contributed by atoms with E-state index < -0.39 is 17.7 Å². The second-order valence-corrected chi connectivity index (χ2v) is 13.8. The number of Topliss-reactive ketones (excluding diaryl/α,β-unsaturated/α-hetero) is 1. The molecule has 1 heterocycles. The van der Waals surface area contributed by atoms with Crippen LogP contribution in [0.15, 0.2) is 71.1 Å².